The molecule has 1 aliphatic rings. The highest BCUT2D eigenvalue weighted by atomic mass is 32.2. The van der Waals surface area contributed by atoms with Crippen LogP contribution in [-0.4, -0.2) is 64.3 Å². The Morgan fingerprint density at radius 1 is 1.29 bits per heavy atom. The van der Waals surface area contributed by atoms with Gasteiger partial charge in [0.25, 0.3) is 5.69 Å². The number of benzene rings is 1. The number of hydrogen-bond acceptors (Lipinski definition) is 7. The molecule has 0 aliphatic carbocycles. The van der Waals surface area contributed by atoms with Gasteiger partial charge < -0.3 is 4.90 Å². The zero-order valence-electron chi connectivity index (χ0n) is 13.1. The number of nitrogens with one attached hydrogen (secondary N) is 1. The molecule has 9 nitrogen and oxygen atoms in total. The van der Waals surface area contributed by atoms with Gasteiger partial charge in [0.1, 0.15) is 0 Å². The van der Waals surface area contributed by atoms with Crippen LogP contribution < -0.4 is 4.72 Å². The van der Waals surface area contributed by atoms with Gasteiger partial charge in [0, 0.05) is 37.8 Å². The maximum absolute atomic E-state index is 12.2. The van der Waals surface area contributed by atoms with E-state index in [1.54, 1.807) is 0 Å². The van der Waals surface area contributed by atoms with E-state index in [0.29, 0.717) is 25.2 Å². The molecule has 1 heterocycles. The Kier molecular flexibility index (Phi) is 5.58. The molecule has 24 heavy (non-hydrogen) atoms. The van der Waals surface area contributed by atoms with E-state index in [-0.39, 0.29) is 28.6 Å². The van der Waals surface area contributed by atoms with Crippen LogP contribution in [-0.2, 0) is 19.9 Å². The second-order valence-corrected chi connectivity index (χ2v) is 9.67. The summed E-state index contributed by atoms with van der Waals surface area (Å²) in [5.74, 6) is 0.147. The Bertz CT molecular complexity index is 821. The van der Waals surface area contributed by atoms with Crippen LogP contribution in [0.2, 0.25) is 0 Å². The number of sulfonamides is 1. The SMILES string of the molecule is Cc1ccc(S(=O)(=O)NCCN2CCS(=O)(=O)CC2)cc1[N+](=O)[O-]. The van der Waals surface area contributed by atoms with Gasteiger partial charge in [-0.05, 0) is 13.0 Å². The van der Waals surface area contributed by atoms with E-state index in [0.717, 1.165) is 6.07 Å². The van der Waals surface area contributed by atoms with Crippen LogP contribution in [0.15, 0.2) is 23.1 Å². The Morgan fingerprint density at radius 3 is 2.50 bits per heavy atom. The number of nitrogens with zero attached hydrogens (tertiary/aromatic N) is 2. The minimum absolute atomic E-state index is 0.0733. The highest BCUT2D eigenvalue weighted by Crippen LogP contribution is 2.21. The molecular weight excluding hydrogens is 358 g/mol. The van der Waals surface area contributed by atoms with E-state index in [2.05, 4.69) is 4.72 Å². The first-order valence-corrected chi connectivity index (χ1v) is 10.6. The maximum atomic E-state index is 12.2. The molecule has 0 bridgehead atoms. The van der Waals surface area contributed by atoms with Gasteiger partial charge in [-0.1, -0.05) is 6.07 Å². The summed E-state index contributed by atoms with van der Waals surface area (Å²) < 4.78 is 49.5. The van der Waals surface area contributed by atoms with E-state index in [1.807, 2.05) is 4.90 Å². The van der Waals surface area contributed by atoms with Gasteiger partial charge in [0.15, 0.2) is 9.84 Å². The van der Waals surface area contributed by atoms with Crippen LogP contribution in [0.4, 0.5) is 5.69 Å². The van der Waals surface area contributed by atoms with Crippen LogP contribution in [0, 0.1) is 17.0 Å². The van der Waals surface area contributed by atoms with Crippen molar-refractivity contribution in [3.63, 3.8) is 0 Å². The summed E-state index contributed by atoms with van der Waals surface area (Å²) >= 11 is 0. The molecule has 0 atom stereocenters. The molecule has 2 rings (SSSR count). The van der Waals surface area contributed by atoms with Crippen molar-refractivity contribution in [2.24, 2.45) is 0 Å². The molecule has 11 heteroatoms. The van der Waals surface area contributed by atoms with Crippen LogP contribution in [0.5, 0.6) is 0 Å². The zero-order valence-corrected chi connectivity index (χ0v) is 14.8. The smallest absolute Gasteiger partial charge is 0.273 e. The number of sulfone groups is 1. The van der Waals surface area contributed by atoms with Crippen molar-refractivity contribution in [2.45, 2.75) is 11.8 Å². The highest BCUT2D eigenvalue weighted by molar-refractivity contribution is 7.91. The van der Waals surface area contributed by atoms with Crippen LogP contribution in [0.25, 0.3) is 0 Å². The summed E-state index contributed by atoms with van der Waals surface area (Å²) in [6, 6.07) is 3.74. The summed E-state index contributed by atoms with van der Waals surface area (Å²) in [5.41, 5.74) is 0.132. The molecule has 1 aromatic rings. The molecule has 0 saturated carbocycles. The van der Waals surface area contributed by atoms with Crippen molar-refractivity contribution in [3.05, 3.63) is 33.9 Å². The molecule has 1 N–H and O–H groups in total. The second kappa shape index (κ2) is 7.13. The number of aryl methyl sites for hydroxylation is 1. The summed E-state index contributed by atoms with van der Waals surface area (Å²) in [6.45, 7) is 2.76. The summed E-state index contributed by atoms with van der Waals surface area (Å²) in [7, 11) is -6.83. The molecule has 0 amide bonds. The average molecular weight is 377 g/mol. The van der Waals surface area contributed by atoms with E-state index < -0.39 is 24.8 Å². The van der Waals surface area contributed by atoms with E-state index in [9.17, 15) is 26.9 Å². The molecule has 0 radical (unpaired) electrons. The lowest BCUT2D eigenvalue weighted by atomic mass is 10.2. The Morgan fingerprint density at radius 2 is 1.92 bits per heavy atom. The fraction of sp³-hybridized carbons (Fsp3) is 0.538. The molecule has 0 unspecified atom stereocenters. The standard InChI is InChI=1S/C13H19N3O6S2/c1-11-2-3-12(10-13(11)16(17)18)24(21,22)14-4-5-15-6-8-23(19,20)9-7-15/h2-3,10,14H,4-9H2,1H3. The summed E-state index contributed by atoms with van der Waals surface area (Å²) in [4.78, 5) is 12.0. The number of hydrogen-bond donors (Lipinski definition) is 1. The van der Waals surface area contributed by atoms with Crippen molar-refractivity contribution in [1.29, 1.82) is 0 Å². The van der Waals surface area contributed by atoms with Gasteiger partial charge in [-0.2, -0.15) is 0 Å². The van der Waals surface area contributed by atoms with Crippen molar-refractivity contribution < 1.29 is 21.8 Å². The van der Waals surface area contributed by atoms with Crippen LogP contribution in [0.3, 0.4) is 0 Å². The maximum Gasteiger partial charge on any atom is 0.273 e. The average Bonchev–Trinajstić information content (AvgIpc) is 2.49. The summed E-state index contributed by atoms with van der Waals surface area (Å²) in [6.07, 6.45) is 0. The molecule has 134 valence electrons. The zero-order chi connectivity index (χ0) is 18.0. The predicted octanol–water partition coefficient (Wildman–Crippen LogP) is -0.0881. The monoisotopic (exact) mass is 377 g/mol. The molecule has 1 saturated heterocycles. The van der Waals surface area contributed by atoms with Gasteiger partial charge in [-0.3, -0.25) is 10.1 Å². The second-order valence-electron chi connectivity index (χ2n) is 5.60. The first kappa shape index (κ1) is 18.8. The molecule has 0 aromatic heterocycles. The largest absolute Gasteiger partial charge is 0.300 e. The van der Waals surface area contributed by atoms with Crippen molar-refractivity contribution in [3.8, 4) is 0 Å². The van der Waals surface area contributed by atoms with E-state index in [1.165, 1.54) is 19.1 Å². The van der Waals surface area contributed by atoms with E-state index in [4.69, 9.17) is 0 Å². The highest BCUT2D eigenvalue weighted by Gasteiger charge is 2.23. The first-order chi connectivity index (χ1) is 11.1. The number of rotatable bonds is 6. The summed E-state index contributed by atoms with van der Waals surface area (Å²) in [5, 5.41) is 10.9. The molecule has 1 fully saturated rings. The lowest BCUT2D eigenvalue weighted by molar-refractivity contribution is -0.385. The van der Waals surface area contributed by atoms with Crippen LogP contribution in [0.1, 0.15) is 5.56 Å². The number of nitro benzene ring substituents is 1. The molecule has 0 spiro atoms. The molecule has 1 aliphatic heterocycles. The number of nitro groups is 1. The van der Waals surface area contributed by atoms with Gasteiger partial charge in [0.2, 0.25) is 10.0 Å². The predicted molar refractivity (Wildman–Crippen MR) is 88.1 cm³/mol. The third kappa shape index (κ3) is 4.72. The quantitative estimate of drug-likeness (QED) is 0.542. The molecule has 1 aromatic carbocycles. The van der Waals surface area contributed by atoms with Gasteiger partial charge in [-0.25, -0.2) is 21.6 Å². The third-order valence-electron chi connectivity index (χ3n) is 3.84. The normalized spacial score (nSPS) is 18.4. The minimum atomic E-state index is -3.86. The molecular formula is C13H19N3O6S2. The Balaban J connectivity index is 1.97. The Labute approximate surface area is 140 Å². The minimum Gasteiger partial charge on any atom is -0.300 e. The van der Waals surface area contributed by atoms with Crippen LogP contribution >= 0.6 is 0 Å². The van der Waals surface area contributed by atoms with Crippen molar-refractivity contribution in [2.75, 3.05) is 37.7 Å². The Hall–Kier alpha value is -1.56. The fourth-order valence-corrected chi connectivity index (χ4v) is 4.67. The topological polar surface area (TPSA) is 127 Å². The van der Waals surface area contributed by atoms with Crippen molar-refractivity contribution >= 4 is 25.5 Å². The fourth-order valence-electron chi connectivity index (χ4n) is 2.35. The first-order valence-electron chi connectivity index (χ1n) is 7.28. The van der Waals surface area contributed by atoms with Crippen molar-refractivity contribution in [1.82, 2.24) is 9.62 Å². The van der Waals surface area contributed by atoms with Gasteiger partial charge in [-0.15, -0.1) is 0 Å². The lowest BCUT2D eigenvalue weighted by Gasteiger charge is -2.26. The third-order valence-corrected chi connectivity index (χ3v) is 6.91. The van der Waals surface area contributed by atoms with Gasteiger partial charge in [0.05, 0.1) is 21.3 Å². The van der Waals surface area contributed by atoms with Gasteiger partial charge >= 0.3 is 0 Å². The lowest BCUT2D eigenvalue weighted by Crippen LogP contribution is -2.43. The van der Waals surface area contributed by atoms with E-state index >= 15 is 0 Å².